The van der Waals surface area contributed by atoms with Gasteiger partial charge in [0.05, 0.1) is 0 Å². The number of rotatable bonds is 7. The molecule has 6 nitrogen and oxygen atoms in total. The summed E-state index contributed by atoms with van der Waals surface area (Å²) in [6, 6.07) is 6.41. The van der Waals surface area contributed by atoms with Crippen LogP contribution in [-0.4, -0.2) is 28.9 Å². The minimum atomic E-state index is -1.08. The number of carboxylic acid groups (broad SMARTS) is 1. The van der Waals surface area contributed by atoms with Crippen LogP contribution in [-0.2, 0) is 14.4 Å². The van der Waals surface area contributed by atoms with Gasteiger partial charge in [0.2, 0.25) is 11.8 Å². The Balaban J connectivity index is 2.43. The van der Waals surface area contributed by atoms with Crippen molar-refractivity contribution in [2.45, 2.75) is 39.7 Å². The molecule has 0 saturated carbocycles. The van der Waals surface area contributed by atoms with Crippen LogP contribution in [0.4, 0.5) is 5.69 Å². The molecule has 1 rings (SSSR count). The number of carbonyl (C=O) groups excluding carboxylic acids is 2. The maximum absolute atomic E-state index is 11.8. The van der Waals surface area contributed by atoms with Crippen LogP contribution in [0.25, 0.3) is 0 Å². The smallest absolute Gasteiger partial charge is 0.326 e. The first-order valence-electron chi connectivity index (χ1n) is 7.18. The summed E-state index contributed by atoms with van der Waals surface area (Å²) in [6.07, 6.45) is -0.0433. The van der Waals surface area contributed by atoms with Crippen molar-refractivity contribution in [3.63, 3.8) is 0 Å². The van der Waals surface area contributed by atoms with Crippen molar-refractivity contribution in [3.05, 3.63) is 29.8 Å². The largest absolute Gasteiger partial charge is 0.480 e. The Morgan fingerprint density at radius 2 is 1.77 bits per heavy atom. The summed E-state index contributed by atoms with van der Waals surface area (Å²) in [4.78, 5) is 34.5. The highest BCUT2D eigenvalue weighted by Gasteiger charge is 2.23. The summed E-state index contributed by atoms with van der Waals surface area (Å²) in [5.74, 6) is -2.02. The average molecular weight is 306 g/mol. The molecule has 0 spiro atoms. The van der Waals surface area contributed by atoms with Gasteiger partial charge in [0.1, 0.15) is 6.04 Å². The van der Waals surface area contributed by atoms with Gasteiger partial charge in [-0.3, -0.25) is 9.59 Å². The number of carbonyl (C=O) groups is 3. The van der Waals surface area contributed by atoms with E-state index in [1.165, 1.54) is 0 Å². The van der Waals surface area contributed by atoms with Crippen molar-refractivity contribution in [3.8, 4) is 0 Å². The SMILES string of the molecule is Cc1cccc(NC(=O)CCC(=O)NC(C(=O)O)C(C)C)c1. The van der Waals surface area contributed by atoms with Gasteiger partial charge in [-0.25, -0.2) is 4.79 Å². The van der Waals surface area contributed by atoms with E-state index in [-0.39, 0.29) is 24.7 Å². The summed E-state index contributed by atoms with van der Waals surface area (Å²) in [7, 11) is 0. The van der Waals surface area contributed by atoms with E-state index in [2.05, 4.69) is 10.6 Å². The molecule has 2 amide bonds. The maximum Gasteiger partial charge on any atom is 0.326 e. The number of anilines is 1. The van der Waals surface area contributed by atoms with Crippen molar-refractivity contribution in [1.82, 2.24) is 5.32 Å². The lowest BCUT2D eigenvalue weighted by molar-refractivity contribution is -0.143. The second-order valence-corrected chi connectivity index (χ2v) is 5.55. The van der Waals surface area contributed by atoms with E-state index in [1.54, 1.807) is 19.9 Å². The average Bonchev–Trinajstić information content (AvgIpc) is 2.42. The van der Waals surface area contributed by atoms with Crippen molar-refractivity contribution in [2.24, 2.45) is 5.92 Å². The molecule has 1 aromatic rings. The molecule has 0 aromatic heterocycles. The lowest BCUT2D eigenvalue weighted by atomic mass is 10.0. The normalized spacial score (nSPS) is 11.8. The molecule has 0 saturated heterocycles. The minimum Gasteiger partial charge on any atom is -0.480 e. The summed E-state index contributed by atoms with van der Waals surface area (Å²) < 4.78 is 0. The number of aryl methyl sites for hydroxylation is 1. The number of amides is 2. The van der Waals surface area contributed by atoms with Gasteiger partial charge in [-0.05, 0) is 30.5 Å². The monoisotopic (exact) mass is 306 g/mol. The van der Waals surface area contributed by atoms with Crippen molar-refractivity contribution < 1.29 is 19.5 Å². The minimum absolute atomic E-state index is 0.00418. The molecule has 0 bridgehead atoms. The highest BCUT2D eigenvalue weighted by Crippen LogP contribution is 2.10. The van der Waals surface area contributed by atoms with Crippen LogP contribution in [0.5, 0.6) is 0 Å². The van der Waals surface area contributed by atoms with Gasteiger partial charge >= 0.3 is 5.97 Å². The van der Waals surface area contributed by atoms with Crippen LogP contribution in [0.3, 0.4) is 0 Å². The highest BCUT2D eigenvalue weighted by molar-refractivity contribution is 5.93. The van der Waals surface area contributed by atoms with Crippen molar-refractivity contribution >= 4 is 23.5 Å². The third-order valence-electron chi connectivity index (χ3n) is 3.13. The van der Waals surface area contributed by atoms with E-state index >= 15 is 0 Å². The zero-order valence-electron chi connectivity index (χ0n) is 13.1. The second-order valence-electron chi connectivity index (χ2n) is 5.55. The van der Waals surface area contributed by atoms with E-state index in [1.807, 2.05) is 25.1 Å². The molecule has 22 heavy (non-hydrogen) atoms. The Hall–Kier alpha value is -2.37. The molecule has 0 aliphatic heterocycles. The second kappa shape index (κ2) is 8.17. The fourth-order valence-electron chi connectivity index (χ4n) is 1.93. The van der Waals surface area contributed by atoms with Gasteiger partial charge in [-0.1, -0.05) is 26.0 Å². The predicted octanol–water partition coefficient (Wildman–Crippen LogP) is 1.94. The van der Waals surface area contributed by atoms with E-state index in [4.69, 9.17) is 5.11 Å². The van der Waals surface area contributed by atoms with Gasteiger partial charge in [0.15, 0.2) is 0 Å². The molecule has 0 fully saturated rings. The van der Waals surface area contributed by atoms with Crippen molar-refractivity contribution in [2.75, 3.05) is 5.32 Å². The number of carboxylic acids is 1. The number of nitrogens with one attached hydrogen (secondary N) is 2. The van der Waals surface area contributed by atoms with Gasteiger partial charge in [0, 0.05) is 18.5 Å². The molecule has 0 aliphatic carbocycles. The first-order chi connectivity index (χ1) is 10.3. The molecular weight excluding hydrogens is 284 g/mol. The van der Waals surface area contributed by atoms with Gasteiger partial charge in [-0.15, -0.1) is 0 Å². The van der Waals surface area contributed by atoms with E-state index in [0.29, 0.717) is 5.69 Å². The Labute approximate surface area is 129 Å². The molecule has 120 valence electrons. The lowest BCUT2D eigenvalue weighted by Crippen LogP contribution is -2.44. The van der Waals surface area contributed by atoms with Crippen molar-refractivity contribution in [1.29, 1.82) is 0 Å². The number of hydrogen-bond acceptors (Lipinski definition) is 3. The first kappa shape index (κ1) is 17.7. The van der Waals surface area contributed by atoms with Crippen LogP contribution in [0, 0.1) is 12.8 Å². The fraction of sp³-hybridized carbons (Fsp3) is 0.438. The number of benzene rings is 1. The first-order valence-corrected chi connectivity index (χ1v) is 7.18. The lowest BCUT2D eigenvalue weighted by Gasteiger charge is -2.17. The van der Waals surface area contributed by atoms with Crippen LogP contribution in [0.15, 0.2) is 24.3 Å². The van der Waals surface area contributed by atoms with E-state index < -0.39 is 17.9 Å². The Morgan fingerprint density at radius 1 is 1.14 bits per heavy atom. The van der Waals surface area contributed by atoms with Gasteiger partial charge in [0.25, 0.3) is 0 Å². The molecule has 1 unspecified atom stereocenters. The Kier molecular flexibility index (Phi) is 6.56. The summed E-state index contributed by atoms with van der Waals surface area (Å²) in [5.41, 5.74) is 1.70. The number of aliphatic carboxylic acids is 1. The molecule has 6 heteroatoms. The molecule has 0 radical (unpaired) electrons. The number of hydrogen-bond donors (Lipinski definition) is 3. The van der Waals surface area contributed by atoms with Gasteiger partial charge < -0.3 is 15.7 Å². The maximum atomic E-state index is 11.8. The zero-order valence-corrected chi connectivity index (χ0v) is 13.1. The fourth-order valence-corrected chi connectivity index (χ4v) is 1.93. The molecular formula is C16H22N2O4. The molecule has 0 heterocycles. The Bertz CT molecular complexity index is 555. The predicted molar refractivity (Wildman–Crippen MR) is 83.4 cm³/mol. The highest BCUT2D eigenvalue weighted by atomic mass is 16.4. The summed E-state index contributed by atoms with van der Waals surface area (Å²) in [5, 5.41) is 14.1. The molecule has 0 aliphatic rings. The van der Waals surface area contributed by atoms with Crippen LogP contribution < -0.4 is 10.6 Å². The standard InChI is InChI=1S/C16H22N2O4/c1-10(2)15(16(21)22)18-14(20)8-7-13(19)17-12-6-4-5-11(3)9-12/h4-6,9-10,15H,7-8H2,1-3H3,(H,17,19)(H,18,20)(H,21,22). The van der Waals surface area contributed by atoms with Crippen LogP contribution in [0.1, 0.15) is 32.3 Å². The third-order valence-corrected chi connectivity index (χ3v) is 3.13. The quantitative estimate of drug-likeness (QED) is 0.717. The summed E-state index contributed by atoms with van der Waals surface area (Å²) >= 11 is 0. The third kappa shape index (κ3) is 5.95. The Morgan fingerprint density at radius 3 is 2.32 bits per heavy atom. The zero-order chi connectivity index (χ0) is 16.7. The van der Waals surface area contributed by atoms with E-state index in [9.17, 15) is 14.4 Å². The van der Waals surface area contributed by atoms with Crippen LogP contribution in [0.2, 0.25) is 0 Å². The van der Waals surface area contributed by atoms with E-state index in [0.717, 1.165) is 5.56 Å². The van der Waals surface area contributed by atoms with Gasteiger partial charge in [-0.2, -0.15) is 0 Å². The van der Waals surface area contributed by atoms with Crippen LogP contribution >= 0.6 is 0 Å². The topological polar surface area (TPSA) is 95.5 Å². The molecule has 1 atom stereocenters. The summed E-state index contributed by atoms with van der Waals surface area (Å²) in [6.45, 7) is 5.34. The molecule has 1 aromatic carbocycles. The molecule has 3 N–H and O–H groups in total.